The van der Waals surface area contributed by atoms with Gasteiger partial charge in [-0.05, 0) is 14.0 Å². The van der Waals surface area contributed by atoms with E-state index in [9.17, 15) is 0 Å². The van der Waals surface area contributed by atoms with E-state index < -0.39 is 0 Å². The Labute approximate surface area is 112 Å². The predicted octanol–water partition coefficient (Wildman–Crippen LogP) is 1.06. The van der Waals surface area contributed by atoms with Crippen LogP contribution in [0.5, 0.6) is 0 Å². The van der Waals surface area contributed by atoms with Crippen LogP contribution in [0.25, 0.3) is 0 Å². The van der Waals surface area contributed by atoms with E-state index in [0.717, 1.165) is 18.9 Å². The van der Waals surface area contributed by atoms with Crippen molar-refractivity contribution in [1.82, 2.24) is 24.6 Å². The van der Waals surface area contributed by atoms with E-state index in [4.69, 9.17) is 9.26 Å². The van der Waals surface area contributed by atoms with Crippen molar-refractivity contribution < 1.29 is 9.26 Å². The first-order valence-corrected chi connectivity index (χ1v) is 6.22. The van der Waals surface area contributed by atoms with Crippen molar-refractivity contribution >= 4 is 0 Å². The number of ether oxygens (including phenoxy) is 1. The lowest BCUT2D eigenvalue weighted by molar-refractivity contribution is 0.151. The van der Waals surface area contributed by atoms with E-state index in [2.05, 4.69) is 31.5 Å². The molecular formula is C12H19N5O2. The van der Waals surface area contributed by atoms with Gasteiger partial charge in [0, 0.05) is 26.0 Å². The highest BCUT2D eigenvalue weighted by Gasteiger charge is 2.11. The summed E-state index contributed by atoms with van der Waals surface area (Å²) in [7, 11) is 3.60. The standard InChI is InChI=1S/C12H19N5O2/c1-4-17-6-5-13-11(17)8-16(2)7-10-14-12(9-18-3)19-15-10/h5-6H,4,7-9H2,1-3H3. The summed E-state index contributed by atoms with van der Waals surface area (Å²) in [5, 5.41) is 3.91. The lowest BCUT2D eigenvalue weighted by Crippen LogP contribution is -2.20. The summed E-state index contributed by atoms with van der Waals surface area (Å²) in [6.45, 7) is 4.72. The first-order valence-electron chi connectivity index (χ1n) is 6.22. The highest BCUT2D eigenvalue weighted by atomic mass is 16.5. The molecule has 0 aliphatic carbocycles. The van der Waals surface area contributed by atoms with Gasteiger partial charge in [-0.3, -0.25) is 4.90 Å². The number of imidazole rings is 1. The maximum atomic E-state index is 5.05. The summed E-state index contributed by atoms with van der Waals surface area (Å²) in [4.78, 5) is 10.7. The van der Waals surface area contributed by atoms with Crippen LogP contribution in [0.4, 0.5) is 0 Å². The molecule has 0 amide bonds. The molecule has 0 atom stereocenters. The van der Waals surface area contributed by atoms with Crippen LogP contribution >= 0.6 is 0 Å². The van der Waals surface area contributed by atoms with Gasteiger partial charge in [0.05, 0.1) is 13.1 Å². The molecule has 0 saturated heterocycles. The molecule has 0 aliphatic rings. The number of aromatic nitrogens is 4. The molecule has 7 nitrogen and oxygen atoms in total. The summed E-state index contributed by atoms with van der Waals surface area (Å²) in [6, 6.07) is 0. The van der Waals surface area contributed by atoms with E-state index in [-0.39, 0.29) is 0 Å². The van der Waals surface area contributed by atoms with Gasteiger partial charge in [-0.25, -0.2) is 4.98 Å². The zero-order valence-electron chi connectivity index (χ0n) is 11.5. The van der Waals surface area contributed by atoms with Crippen molar-refractivity contribution in [3.8, 4) is 0 Å². The number of nitrogens with zero attached hydrogens (tertiary/aromatic N) is 5. The minimum absolute atomic E-state index is 0.344. The molecule has 2 heterocycles. The average Bonchev–Trinajstić information content (AvgIpc) is 2.99. The number of aryl methyl sites for hydroxylation is 1. The molecule has 2 rings (SSSR count). The normalized spacial score (nSPS) is 11.4. The Morgan fingerprint density at radius 2 is 2.26 bits per heavy atom. The molecule has 0 radical (unpaired) electrons. The van der Waals surface area contributed by atoms with Crippen LogP contribution in [0.2, 0.25) is 0 Å². The van der Waals surface area contributed by atoms with Crippen LogP contribution in [-0.4, -0.2) is 38.7 Å². The molecule has 7 heteroatoms. The quantitative estimate of drug-likeness (QED) is 0.745. The van der Waals surface area contributed by atoms with Gasteiger partial charge in [0.15, 0.2) is 5.82 Å². The minimum Gasteiger partial charge on any atom is -0.375 e. The molecule has 19 heavy (non-hydrogen) atoms. The molecular weight excluding hydrogens is 246 g/mol. The van der Waals surface area contributed by atoms with Crippen LogP contribution in [0.1, 0.15) is 24.5 Å². The van der Waals surface area contributed by atoms with Crippen LogP contribution in [0, 0.1) is 0 Å². The van der Waals surface area contributed by atoms with Crippen LogP contribution in [0.3, 0.4) is 0 Å². The largest absolute Gasteiger partial charge is 0.375 e. The molecule has 2 aromatic heterocycles. The fourth-order valence-electron chi connectivity index (χ4n) is 1.85. The molecule has 0 saturated carbocycles. The number of hydrogen-bond donors (Lipinski definition) is 0. The van der Waals surface area contributed by atoms with E-state index in [1.165, 1.54) is 0 Å². The fourth-order valence-corrected chi connectivity index (χ4v) is 1.85. The van der Waals surface area contributed by atoms with Crippen molar-refractivity contribution in [3.05, 3.63) is 29.9 Å². The third kappa shape index (κ3) is 3.62. The summed E-state index contributed by atoms with van der Waals surface area (Å²) in [5.74, 6) is 2.19. The molecule has 0 unspecified atom stereocenters. The zero-order chi connectivity index (χ0) is 13.7. The number of hydrogen-bond acceptors (Lipinski definition) is 6. The zero-order valence-corrected chi connectivity index (χ0v) is 11.5. The molecule has 0 aliphatic heterocycles. The lowest BCUT2D eigenvalue weighted by Gasteiger charge is -2.14. The van der Waals surface area contributed by atoms with Crippen LogP contribution < -0.4 is 0 Å². The van der Waals surface area contributed by atoms with Gasteiger partial charge in [-0.2, -0.15) is 4.98 Å². The van der Waals surface area contributed by atoms with E-state index in [0.29, 0.717) is 24.9 Å². The number of rotatable bonds is 7. The predicted molar refractivity (Wildman–Crippen MR) is 68.1 cm³/mol. The topological polar surface area (TPSA) is 69.2 Å². The maximum Gasteiger partial charge on any atom is 0.252 e. The number of methoxy groups -OCH3 is 1. The van der Waals surface area contributed by atoms with Crippen molar-refractivity contribution in [2.24, 2.45) is 0 Å². The average molecular weight is 265 g/mol. The second kappa shape index (κ2) is 6.44. The molecule has 2 aromatic rings. The van der Waals surface area contributed by atoms with Crippen molar-refractivity contribution in [3.63, 3.8) is 0 Å². The summed E-state index contributed by atoms with van der Waals surface area (Å²) in [5.41, 5.74) is 0. The van der Waals surface area contributed by atoms with E-state index >= 15 is 0 Å². The summed E-state index contributed by atoms with van der Waals surface area (Å²) in [6.07, 6.45) is 3.80. The van der Waals surface area contributed by atoms with Gasteiger partial charge < -0.3 is 13.8 Å². The Morgan fingerprint density at radius 3 is 3.00 bits per heavy atom. The van der Waals surface area contributed by atoms with Crippen LogP contribution in [0.15, 0.2) is 16.9 Å². The Hall–Kier alpha value is -1.73. The first kappa shape index (κ1) is 13.7. The molecule has 0 N–H and O–H groups in total. The lowest BCUT2D eigenvalue weighted by atomic mass is 10.4. The van der Waals surface area contributed by atoms with Gasteiger partial charge in [0.1, 0.15) is 12.4 Å². The molecule has 0 aromatic carbocycles. The minimum atomic E-state index is 0.344. The van der Waals surface area contributed by atoms with Crippen molar-refractivity contribution in [2.75, 3.05) is 14.2 Å². The monoisotopic (exact) mass is 265 g/mol. The molecule has 0 bridgehead atoms. The SMILES string of the molecule is CCn1ccnc1CN(C)Cc1noc(COC)n1. The van der Waals surface area contributed by atoms with Crippen molar-refractivity contribution in [1.29, 1.82) is 0 Å². The second-order valence-corrected chi connectivity index (χ2v) is 4.34. The molecule has 0 fully saturated rings. The van der Waals surface area contributed by atoms with Gasteiger partial charge in [-0.1, -0.05) is 5.16 Å². The Kier molecular flexibility index (Phi) is 4.64. The Balaban J connectivity index is 1.91. The van der Waals surface area contributed by atoms with E-state index in [1.807, 2.05) is 19.4 Å². The smallest absolute Gasteiger partial charge is 0.252 e. The second-order valence-electron chi connectivity index (χ2n) is 4.34. The Morgan fingerprint density at radius 1 is 1.42 bits per heavy atom. The maximum absolute atomic E-state index is 5.05. The first-order chi connectivity index (χ1) is 9.22. The van der Waals surface area contributed by atoms with Gasteiger partial charge in [0.2, 0.25) is 0 Å². The van der Waals surface area contributed by atoms with Gasteiger partial charge >= 0.3 is 0 Å². The van der Waals surface area contributed by atoms with Gasteiger partial charge in [-0.15, -0.1) is 0 Å². The fraction of sp³-hybridized carbons (Fsp3) is 0.583. The van der Waals surface area contributed by atoms with Gasteiger partial charge in [0.25, 0.3) is 5.89 Å². The molecule has 0 spiro atoms. The highest BCUT2D eigenvalue weighted by Crippen LogP contribution is 2.06. The van der Waals surface area contributed by atoms with Crippen LogP contribution in [-0.2, 0) is 31.0 Å². The van der Waals surface area contributed by atoms with Crippen molar-refractivity contribution in [2.45, 2.75) is 33.2 Å². The third-order valence-electron chi connectivity index (χ3n) is 2.74. The summed E-state index contributed by atoms with van der Waals surface area (Å²) < 4.78 is 12.1. The third-order valence-corrected chi connectivity index (χ3v) is 2.74. The molecule has 104 valence electrons. The summed E-state index contributed by atoms with van der Waals surface area (Å²) >= 11 is 0. The Bertz CT molecular complexity index is 508. The van der Waals surface area contributed by atoms with E-state index in [1.54, 1.807) is 7.11 Å². The highest BCUT2D eigenvalue weighted by molar-refractivity contribution is 4.93.